The molecular weight excluding hydrogens is 209 g/mol. The minimum Gasteiger partial charge on any atom is -0.465 e. The van der Waals surface area contributed by atoms with Gasteiger partial charge in [0.05, 0.1) is 12.7 Å². The molecule has 86 valence electrons. The van der Waals surface area contributed by atoms with E-state index >= 15 is 0 Å². The number of nitrogens with one attached hydrogen (secondary N) is 1. The normalized spacial score (nSPS) is 19.8. The predicted octanol–water partition coefficient (Wildman–Crippen LogP) is 2.04. The third-order valence-corrected chi connectivity index (χ3v) is 2.86. The maximum atomic E-state index is 13.1. The van der Waals surface area contributed by atoms with Crippen LogP contribution in [0.25, 0.3) is 0 Å². The van der Waals surface area contributed by atoms with E-state index in [0.717, 1.165) is 24.9 Å². The molecule has 0 amide bonds. The quantitative estimate of drug-likeness (QED) is 0.780. The zero-order chi connectivity index (χ0) is 11.5. The predicted molar refractivity (Wildman–Crippen MR) is 57.7 cm³/mol. The van der Waals surface area contributed by atoms with Crippen LogP contribution in [0.3, 0.4) is 0 Å². The molecular formula is C12H14FNO2. The molecule has 0 radical (unpaired) electrons. The number of methoxy groups -OCH3 is 1. The van der Waals surface area contributed by atoms with Gasteiger partial charge in [-0.2, -0.15) is 0 Å². The lowest BCUT2D eigenvalue weighted by atomic mass is 9.99. The lowest BCUT2D eigenvalue weighted by Crippen LogP contribution is -2.17. The van der Waals surface area contributed by atoms with E-state index in [-0.39, 0.29) is 6.04 Å². The molecule has 0 saturated carbocycles. The van der Waals surface area contributed by atoms with Gasteiger partial charge in [-0.1, -0.05) is 6.07 Å². The number of ether oxygens (including phenoxy) is 1. The van der Waals surface area contributed by atoms with Crippen LogP contribution in [0.15, 0.2) is 18.2 Å². The Balaban J connectivity index is 2.38. The van der Waals surface area contributed by atoms with Crippen LogP contribution < -0.4 is 5.32 Å². The van der Waals surface area contributed by atoms with Crippen LogP contribution in [0.4, 0.5) is 4.39 Å². The summed E-state index contributed by atoms with van der Waals surface area (Å²) in [6, 6.07) is 4.41. The van der Waals surface area contributed by atoms with Gasteiger partial charge in [0, 0.05) is 6.04 Å². The molecule has 0 unspecified atom stereocenters. The Morgan fingerprint density at radius 3 is 3.00 bits per heavy atom. The van der Waals surface area contributed by atoms with Gasteiger partial charge in [-0.25, -0.2) is 9.18 Å². The monoisotopic (exact) mass is 223 g/mol. The van der Waals surface area contributed by atoms with Gasteiger partial charge in [-0.05, 0) is 37.1 Å². The van der Waals surface area contributed by atoms with Gasteiger partial charge in [0.2, 0.25) is 0 Å². The molecule has 1 aliphatic rings. The molecule has 1 aliphatic heterocycles. The highest BCUT2D eigenvalue weighted by molar-refractivity contribution is 5.91. The molecule has 2 rings (SSSR count). The number of rotatable bonds is 2. The number of hydrogen-bond acceptors (Lipinski definition) is 3. The number of carbonyl (C=O) groups is 1. The highest BCUT2D eigenvalue weighted by Crippen LogP contribution is 2.27. The summed E-state index contributed by atoms with van der Waals surface area (Å²) in [4.78, 5) is 11.5. The number of carbonyl (C=O) groups excluding carboxylic acids is 1. The van der Waals surface area contributed by atoms with Crippen molar-refractivity contribution >= 4 is 5.97 Å². The summed E-state index contributed by atoms with van der Waals surface area (Å²) in [6.07, 6.45) is 2.04. The van der Waals surface area contributed by atoms with E-state index in [0.29, 0.717) is 5.56 Å². The van der Waals surface area contributed by atoms with Crippen LogP contribution in [0.5, 0.6) is 0 Å². The average Bonchev–Trinajstić information content (AvgIpc) is 2.81. The van der Waals surface area contributed by atoms with Gasteiger partial charge in [0.15, 0.2) is 0 Å². The van der Waals surface area contributed by atoms with E-state index < -0.39 is 11.8 Å². The van der Waals surface area contributed by atoms with Crippen molar-refractivity contribution in [2.45, 2.75) is 18.9 Å². The lowest BCUT2D eigenvalue weighted by molar-refractivity contribution is 0.0598. The summed E-state index contributed by atoms with van der Waals surface area (Å²) in [5.74, 6) is -0.898. The molecule has 1 heterocycles. The van der Waals surface area contributed by atoms with Crippen molar-refractivity contribution in [1.29, 1.82) is 0 Å². The molecule has 0 spiro atoms. The minimum absolute atomic E-state index is 0.134. The molecule has 16 heavy (non-hydrogen) atoms. The first-order valence-electron chi connectivity index (χ1n) is 5.33. The highest BCUT2D eigenvalue weighted by atomic mass is 19.1. The Bertz CT molecular complexity index is 400. The summed E-state index contributed by atoms with van der Waals surface area (Å²) in [5.41, 5.74) is 1.15. The summed E-state index contributed by atoms with van der Waals surface area (Å²) in [7, 11) is 1.30. The van der Waals surface area contributed by atoms with Crippen molar-refractivity contribution in [3.8, 4) is 0 Å². The number of esters is 1. The molecule has 0 bridgehead atoms. The van der Waals surface area contributed by atoms with Gasteiger partial charge in [-0.15, -0.1) is 0 Å². The number of benzene rings is 1. The molecule has 1 atom stereocenters. The van der Waals surface area contributed by atoms with E-state index in [4.69, 9.17) is 0 Å². The van der Waals surface area contributed by atoms with E-state index in [1.54, 1.807) is 6.07 Å². The van der Waals surface area contributed by atoms with E-state index in [2.05, 4.69) is 10.1 Å². The largest absolute Gasteiger partial charge is 0.465 e. The minimum atomic E-state index is -0.483. The second kappa shape index (κ2) is 4.61. The fourth-order valence-corrected chi connectivity index (χ4v) is 2.07. The highest BCUT2D eigenvalue weighted by Gasteiger charge is 2.22. The van der Waals surface area contributed by atoms with Crippen LogP contribution in [-0.2, 0) is 4.74 Å². The first kappa shape index (κ1) is 11.1. The van der Waals surface area contributed by atoms with Crippen LogP contribution in [0.1, 0.15) is 34.8 Å². The Morgan fingerprint density at radius 1 is 1.56 bits per heavy atom. The molecule has 1 saturated heterocycles. The van der Waals surface area contributed by atoms with E-state index in [1.807, 2.05) is 0 Å². The smallest absolute Gasteiger partial charge is 0.338 e. The maximum absolute atomic E-state index is 13.1. The second-order valence-corrected chi connectivity index (χ2v) is 3.87. The van der Waals surface area contributed by atoms with Crippen molar-refractivity contribution < 1.29 is 13.9 Å². The van der Waals surface area contributed by atoms with Gasteiger partial charge >= 0.3 is 5.97 Å². The van der Waals surface area contributed by atoms with Gasteiger partial charge in [0.1, 0.15) is 5.82 Å². The zero-order valence-electron chi connectivity index (χ0n) is 9.13. The Kier molecular flexibility index (Phi) is 3.19. The first-order chi connectivity index (χ1) is 7.72. The van der Waals surface area contributed by atoms with Crippen molar-refractivity contribution in [3.63, 3.8) is 0 Å². The third kappa shape index (κ3) is 2.07. The van der Waals surface area contributed by atoms with Crippen LogP contribution >= 0.6 is 0 Å². The van der Waals surface area contributed by atoms with Crippen molar-refractivity contribution in [2.24, 2.45) is 0 Å². The maximum Gasteiger partial charge on any atom is 0.338 e. The Morgan fingerprint density at radius 2 is 2.38 bits per heavy atom. The van der Waals surface area contributed by atoms with E-state index in [1.165, 1.54) is 19.2 Å². The van der Waals surface area contributed by atoms with Crippen LogP contribution in [-0.4, -0.2) is 19.6 Å². The number of hydrogen-bond donors (Lipinski definition) is 1. The van der Waals surface area contributed by atoms with Crippen LogP contribution in [0.2, 0.25) is 0 Å². The molecule has 1 N–H and O–H groups in total. The summed E-state index contributed by atoms with van der Waals surface area (Å²) >= 11 is 0. The van der Waals surface area contributed by atoms with Crippen molar-refractivity contribution in [3.05, 3.63) is 35.1 Å². The van der Waals surface area contributed by atoms with Crippen molar-refractivity contribution in [2.75, 3.05) is 13.7 Å². The van der Waals surface area contributed by atoms with Crippen molar-refractivity contribution in [1.82, 2.24) is 5.32 Å². The lowest BCUT2D eigenvalue weighted by Gasteiger charge is -2.14. The molecule has 0 aromatic heterocycles. The number of halogens is 1. The van der Waals surface area contributed by atoms with E-state index in [9.17, 15) is 9.18 Å². The van der Waals surface area contributed by atoms with Gasteiger partial charge in [0.25, 0.3) is 0 Å². The third-order valence-electron chi connectivity index (χ3n) is 2.86. The van der Waals surface area contributed by atoms with Gasteiger partial charge in [-0.3, -0.25) is 0 Å². The fourth-order valence-electron chi connectivity index (χ4n) is 2.07. The Labute approximate surface area is 93.6 Å². The molecule has 1 fully saturated rings. The SMILES string of the molecule is COC(=O)c1cc(F)ccc1[C@@H]1CCCN1. The summed E-state index contributed by atoms with van der Waals surface area (Å²) in [6.45, 7) is 0.933. The van der Waals surface area contributed by atoms with Crippen LogP contribution in [0, 0.1) is 5.82 Å². The second-order valence-electron chi connectivity index (χ2n) is 3.87. The first-order valence-corrected chi connectivity index (χ1v) is 5.33. The summed E-state index contributed by atoms with van der Waals surface area (Å²) < 4.78 is 17.8. The Hall–Kier alpha value is -1.42. The molecule has 0 aliphatic carbocycles. The van der Waals surface area contributed by atoms with Gasteiger partial charge < -0.3 is 10.1 Å². The zero-order valence-corrected chi connectivity index (χ0v) is 9.13. The standard InChI is InChI=1S/C12H14FNO2/c1-16-12(15)10-7-8(13)4-5-9(10)11-3-2-6-14-11/h4-5,7,11,14H,2-3,6H2,1H3/t11-/m0/s1. The fraction of sp³-hybridized carbons (Fsp3) is 0.417. The molecule has 1 aromatic rings. The molecule has 1 aromatic carbocycles. The molecule has 3 nitrogen and oxygen atoms in total. The molecule has 4 heteroatoms. The average molecular weight is 223 g/mol. The summed E-state index contributed by atoms with van der Waals surface area (Å²) in [5, 5.41) is 3.28. The topological polar surface area (TPSA) is 38.3 Å².